The second-order valence-electron chi connectivity index (χ2n) is 9.77. The van der Waals surface area contributed by atoms with Gasteiger partial charge in [0.2, 0.25) is 0 Å². The van der Waals surface area contributed by atoms with E-state index in [0.717, 1.165) is 41.1 Å². The number of rotatable bonds is 7. The molecule has 2 aromatic carbocycles. The lowest BCUT2D eigenvalue weighted by molar-refractivity contribution is -0.138. The van der Waals surface area contributed by atoms with Crippen LogP contribution < -0.4 is 10.6 Å². The van der Waals surface area contributed by atoms with Crippen LogP contribution in [-0.4, -0.2) is 31.4 Å². The highest BCUT2D eigenvalue weighted by atomic mass is 16.5. The maximum Gasteiger partial charge on any atom is 0.336 e. The van der Waals surface area contributed by atoms with Gasteiger partial charge in [0.05, 0.1) is 12.2 Å². The molecule has 0 amide bonds. The molecule has 0 saturated heterocycles. The van der Waals surface area contributed by atoms with Crippen molar-refractivity contribution in [2.24, 2.45) is 5.41 Å². The summed E-state index contributed by atoms with van der Waals surface area (Å²) in [6, 6.07) is 18.4. The first-order chi connectivity index (χ1) is 16.3. The monoisotopic (exact) mass is 458 g/mol. The summed E-state index contributed by atoms with van der Waals surface area (Å²) in [5.41, 5.74) is 5.98. The molecule has 1 aliphatic heterocycles. The zero-order valence-corrected chi connectivity index (χ0v) is 20.5. The Morgan fingerprint density at radius 2 is 1.71 bits per heavy atom. The number of dihydropyridines is 1. The molecule has 0 bridgehead atoms. The molecule has 1 heterocycles. The molecule has 1 unspecified atom stereocenters. The topological polar surface area (TPSA) is 67.4 Å². The van der Waals surface area contributed by atoms with Gasteiger partial charge < -0.3 is 15.4 Å². The van der Waals surface area contributed by atoms with Crippen LogP contribution in [0.2, 0.25) is 0 Å². The van der Waals surface area contributed by atoms with E-state index in [9.17, 15) is 9.59 Å². The third-order valence-corrected chi connectivity index (χ3v) is 6.52. The molecule has 2 aliphatic rings. The van der Waals surface area contributed by atoms with Crippen molar-refractivity contribution in [2.45, 2.75) is 46.5 Å². The molecule has 0 radical (unpaired) electrons. The Morgan fingerprint density at radius 1 is 1.03 bits per heavy atom. The summed E-state index contributed by atoms with van der Waals surface area (Å²) in [6.07, 6.45) is 1.23. The van der Waals surface area contributed by atoms with Crippen molar-refractivity contribution < 1.29 is 14.3 Å². The third kappa shape index (κ3) is 4.85. The van der Waals surface area contributed by atoms with Crippen molar-refractivity contribution in [3.05, 3.63) is 82.7 Å². The Balaban J connectivity index is 1.84. The number of ether oxygens (including phenoxy) is 1. The summed E-state index contributed by atoms with van der Waals surface area (Å²) in [6.45, 7) is 9.64. The molecular weight excluding hydrogens is 424 g/mol. The Morgan fingerprint density at radius 3 is 2.35 bits per heavy atom. The number of esters is 1. The van der Waals surface area contributed by atoms with E-state index >= 15 is 0 Å². The molecule has 5 nitrogen and oxygen atoms in total. The number of carbonyl (C=O) groups is 2. The third-order valence-electron chi connectivity index (χ3n) is 6.52. The summed E-state index contributed by atoms with van der Waals surface area (Å²) < 4.78 is 5.49. The zero-order valence-electron chi connectivity index (χ0n) is 20.5. The van der Waals surface area contributed by atoms with E-state index in [4.69, 9.17) is 4.74 Å². The van der Waals surface area contributed by atoms with Gasteiger partial charge >= 0.3 is 5.97 Å². The average molecular weight is 459 g/mol. The number of Topliss-reactive ketones (excluding diaryl/α,β-unsaturated/α-hetero) is 1. The number of allylic oxidation sites excluding steroid dienone is 2. The lowest BCUT2D eigenvalue weighted by Crippen LogP contribution is -2.41. The van der Waals surface area contributed by atoms with Crippen LogP contribution in [0.15, 0.2) is 77.1 Å². The highest BCUT2D eigenvalue weighted by molar-refractivity contribution is 6.04. The van der Waals surface area contributed by atoms with Crippen LogP contribution in [0.1, 0.15) is 52.0 Å². The van der Waals surface area contributed by atoms with E-state index in [2.05, 4.69) is 48.7 Å². The second kappa shape index (κ2) is 9.98. The van der Waals surface area contributed by atoms with Crippen molar-refractivity contribution in [3.8, 4) is 11.1 Å². The van der Waals surface area contributed by atoms with Crippen molar-refractivity contribution in [1.82, 2.24) is 10.6 Å². The molecule has 2 aromatic rings. The first-order valence-corrected chi connectivity index (χ1v) is 12.1. The average Bonchev–Trinajstić information content (AvgIpc) is 2.81. The van der Waals surface area contributed by atoms with Gasteiger partial charge in [-0.2, -0.15) is 0 Å². The molecule has 0 saturated carbocycles. The van der Waals surface area contributed by atoms with E-state index in [1.54, 1.807) is 6.92 Å². The van der Waals surface area contributed by atoms with E-state index in [1.807, 2.05) is 37.3 Å². The molecule has 178 valence electrons. The molecule has 1 atom stereocenters. The van der Waals surface area contributed by atoms with Crippen LogP contribution >= 0.6 is 0 Å². The van der Waals surface area contributed by atoms with Gasteiger partial charge in [-0.05, 0) is 42.0 Å². The zero-order chi connectivity index (χ0) is 24.3. The van der Waals surface area contributed by atoms with Gasteiger partial charge in [-0.3, -0.25) is 4.79 Å². The molecule has 0 aromatic heterocycles. The fraction of sp³-hybridized carbons (Fsp3) is 0.379. The minimum atomic E-state index is -0.447. The van der Waals surface area contributed by atoms with Gasteiger partial charge in [-0.1, -0.05) is 75.4 Å². The fourth-order valence-corrected chi connectivity index (χ4v) is 5.02. The number of hydrogen-bond acceptors (Lipinski definition) is 5. The normalized spacial score (nSPS) is 19.5. The minimum absolute atomic E-state index is 0.0974. The molecule has 0 spiro atoms. The summed E-state index contributed by atoms with van der Waals surface area (Å²) in [5.74, 6) is -0.721. The van der Waals surface area contributed by atoms with Crippen LogP contribution in [0.25, 0.3) is 11.1 Å². The van der Waals surface area contributed by atoms with Crippen LogP contribution in [-0.2, 0) is 14.3 Å². The number of ketones is 1. The predicted octanol–water partition coefficient (Wildman–Crippen LogP) is 5.11. The highest BCUT2D eigenvalue weighted by Gasteiger charge is 2.43. The van der Waals surface area contributed by atoms with Crippen LogP contribution in [0, 0.1) is 5.41 Å². The fourth-order valence-electron chi connectivity index (χ4n) is 5.02. The largest absolute Gasteiger partial charge is 0.463 e. The number of likely N-dealkylation sites (N-methyl/N-ethyl adjacent to an activating group) is 1. The number of hydrogen-bond donors (Lipinski definition) is 2. The minimum Gasteiger partial charge on any atom is -0.463 e. The van der Waals surface area contributed by atoms with Gasteiger partial charge in [0.1, 0.15) is 0 Å². The Kier molecular flexibility index (Phi) is 7.03. The number of nitrogens with one attached hydrogen (secondary N) is 2. The maximum atomic E-state index is 13.5. The summed E-state index contributed by atoms with van der Waals surface area (Å²) in [7, 11) is 0. The van der Waals surface area contributed by atoms with Crippen molar-refractivity contribution in [2.75, 3.05) is 19.7 Å². The lowest BCUT2D eigenvalue weighted by atomic mass is 9.68. The van der Waals surface area contributed by atoms with Gasteiger partial charge in [-0.15, -0.1) is 0 Å². The van der Waals surface area contributed by atoms with Gasteiger partial charge in [0.25, 0.3) is 0 Å². The number of carbonyl (C=O) groups excluding carboxylic acids is 2. The van der Waals surface area contributed by atoms with Crippen LogP contribution in [0.3, 0.4) is 0 Å². The van der Waals surface area contributed by atoms with Crippen molar-refractivity contribution >= 4 is 11.8 Å². The van der Waals surface area contributed by atoms with Gasteiger partial charge in [0, 0.05) is 35.9 Å². The van der Waals surface area contributed by atoms with E-state index < -0.39 is 5.92 Å². The Bertz CT molecular complexity index is 1130. The first kappa shape index (κ1) is 24.0. The maximum absolute atomic E-state index is 13.5. The smallest absolute Gasteiger partial charge is 0.336 e. The van der Waals surface area contributed by atoms with Crippen molar-refractivity contribution in [3.63, 3.8) is 0 Å². The van der Waals surface area contributed by atoms with Crippen LogP contribution in [0.5, 0.6) is 0 Å². The second-order valence-corrected chi connectivity index (χ2v) is 9.77. The molecule has 5 heteroatoms. The summed E-state index contributed by atoms with van der Waals surface area (Å²) in [4.78, 5) is 26.7. The lowest BCUT2D eigenvalue weighted by Gasteiger charge is -2.40. The molecule has 2 N–H and O–H groups in total. The first-order valence-electron chi connectivity index (χ1n) is 12.1. The summed E-state index contributed by atoms with van der Waals surface area (Å²) in [5, 5.41) is 6.82. The standard InChI is InChI=1S/C29H34N2O3/c1-5-30-18-23-27(28(33)34-6-2)25(26-22(31-23)16-29(3,4)17-24(26)32)21-14-12-20(13-15-21)19-10-8-7-9-11-19/h7-15,25,30-31H,5-6,16-18H2,1-4H3. The Labute approximate surface area is 202 Å². The van der Waals surface area contributed by atoms with E-state index in [-0.39, 0.29) is 23.8 Å². The van der Waals surface area contributed by atoms with E-state index in [0.29, 0.717) is 24.1 Å². The molecular formula is C29H34N2O3. The van der Waals surface area contributed by atoms with Crippen LogP contribution in [0.4, 0.5) is 0 Å². The predicted molar refractivity (Wildman–Crippen MR) is 135 cm³/mol. The molecule has 34 heavy (non-hydrogen) atoms. The molecule has 4 rings (SSSR count). The summed E-state index contributed by atoms with van der Waals surface area (Å²) >= 11 is 0. The molecule has 1 aliphatic carbocycles. The van der Waals surface area contributed by atoms with Gasteiger partial charge in [0.15, 0.2) is 5.78 Å². The number of benzene rings is 2. The van der Waals surface area contributed by atoms with Crippen molar-refractivity contribution in [1.29, 1.82) is 0 Å². The Hall–Kier alpha value is -3.18. The van der Waals surface area contributed by atoms with Gasteiger partial charge in [-0.25, -0.2) is 4.79 Å². The molecule has 0 fully saturated rings. The van der Waals surface area contributed by atoms with E-state index in [1.165, 1.54) is 0 Å². The highest BCUT2D eigenvalue weighted by Crippen LogP contribution is 2.47. The quantitative estimate of drug-likeness (QED) is 0.565. The SMILES string of the molecule is CCNCC1=C(C(=O)OCC)C(c2ccc(-c3ccccc3)cc2)C2=C(CC(C)(C)CC2=O)N1.